The van der Waals surface area contributed by atoms with E-state index in [-0.39, 0.29) is 22.9 Å². The lowest BCUT2D eigenvalue weighted by atomic mass is 10.1. The summed E-state index contributed by atoms with van der Waals surface area (Å²) in [4.78, 5) is 25.8. The largest absolute Gasteiger partial charge is 0.452 e. The number of hydrogen-bond donors (Lipinski definition) is 3. The van der Waals surface area contributed by atoms with Gasteiger partial charge in [0.05, 0.1) is 0 Å². The van der Waals surface area contributed by atoms with Gasteiger partial charge in [-0.3, -0.25) is 9.59 Å². The molecule has 7 nitrogen and oxygen atoms in total. The van der Waals surface area contributed by atoms with Gasteiger partial charge < -0.3 is 20.7 Å². The summed E-state index contributed by atoms with van der Waals surface area (Å²) >= 11 is 0. The van der Waals surface area contributed by atoms with E-state index in [1.54, 1.807) is 18.3 Å². The molecule has 5 rings (SSSR count). The molecule has 9 heteroatoms. The van der Waals surface area contributed by atoms with E-state index in [4.69, 9.17) is 4.74 Å². The van der Waals surface area contributed by atoms with Crippen molar-refractivity contribution >= 4 is 35.2 Å². The molecular weight excluding hydrogens is 418 g/mol. The molecule has 2 amide bonds. The second-order valence-corrected chi connectivity index (χ2v) is 7.69. The molecule has 0 saturated heterocycles. The molecule has 164 valence electrons. The summed E-state index contributed by atoms with van der Waals surface area (Å²) in [5.74, 6) is 0.494. The zero-order valence-corrected chi connectivity index (χ0v) is 17.1. The molecular formula is C23H20F2N4O3. The van der Waals surface area contributed by atoms with Crippen molar-refractivity contribution < 1.29 is 23.1 Å². The Morgan fingerprint density at radius 3 is 2.47 bits per heavy atom. The topological polar surface area (TPSA) is 102 Å². The van der Waals surface area contributed by atoms with Crippen molar-refractivity contribution in [1.29, 1.82) is 0 Å². The lowest BCUT2D eigenvalue weighted by Crippen LogP contribution is -2.21. The van der Waals surface area contributed by atoms with Crippen molar-refractivity contribution in [2.45, 2.75) is 19.8 Å². The van der Waals surface area contributed by atoms with Gasteiger partial charge in [0.15, 0.2) is 23.1 Å². The third-order valence-electron chi connectivity index (χ3n) is 5.12. The number of halogens is 2. The minimum absolute atomic E-state index is 0.0660. The van der Waals surface area contributed by atoms with Crippen LogP contribution < -0.4 is 20.7 Å². The normalized spacial score (nSPS) is 14.0. The van der Waals surface area contributed by atoms with Crippen LogP contribution in [-0.4, -0.2) is 17.3 Å². The van der Waals surface area contributed by atoms with E-state index in [1.807, 2.05) is 6.92 Å². The van der Waals surface area contributed by atoms with Crippen LogP contribution in [0.1, 0.15) is 19.8 Å². The fraction of sp³-hybridized carbons (Fsp3) is 0.174. The van der Waals surface area contributed by atoms with Crippen molar-refractivity contribution in [2.75, 3.05) is 16.0 Å². The van der Waals surface area contributed by atoms with Crippen LogP contribution in [0.15, 0.2) is 54.7 Å². The average molecular weight is 438 g/mol. The molecule has 0 bridgehead atoms. The first kappa shape index (κ1) is 21.2. The van der Waals surface area contributed by atoms with Gasteiger partial charge in [-0.1, -0.05) is 6.92 Å². The minimum Gasteiger partial charge on any atom is -0.452 e. The number of nitrogens with zero attached hydrogens (tertiary/aromatic N) is 1. The first-order valence-corrected chi connectivity index (χ1v) is 9.89. The van der Waals surface area contributed by atoms with E-state index in [2.05, 4.69) is 20.9 Å². The van der Waals surface area contributed by atoms with Gasteiger partial charge >= 0.3 is 0 Å². The van der Waals surface area contributed by atoms with E-state index >= 15 is 0 Å². The highest BCUT2D eigenvalue weighted by atomic mass is 19.1. The molecule has 2 aromatic carbocycles. The fourth-order valence-corrected chi connectivity index (χ4v) is 2.80. The Hall–Kier alpha value is -4.01. The minimum atomic E-state index is -0.523. The number of amides is 2. The number of fused-ring (bicyclic) bond motifs is 1. The fourth-order valence-electron chi connectivity index (χ4n) is 2.80. The number of anilines is 4. The Bertz CT molecular complexity index is 1160. The molecule has 1 aromatic heterocycles. The predicted molar refractivity (Wildman–Crippen MR) is 116 cm³/mol. The van der Waals surface area contributed by atoms with Crippen LogP contribution >= 0.6 is 0 Å². The van der Waals surface area contributed by atoms with Crippen molar-refractivity contribution in [3.8, 4) is 11.5 Å². The first-order valence-electron chi connectivity index (χ1n) is 9.89. The van der Waals surface area contributed by atoms with E-state index in [0.717, 1.165) is 24.3 Å². The van der Waals surface area contributed by atoms with Crippen molar-refractivity contribution in [3.63, 3.8) is 0 Å². The quantitative estimate of drug-likeness (QED) is 0.284. The second-order valence-electron chi connectivity index (χ2n) is 7.69. The molecule has 1 aliphatic carbocycles. The Morgan fingerprint density at radius 1 is 1.09 bits per heavy atom. The monoisotopic (exact) mass is 438 g/mol. The van der Waals surface area contributed by atoms with Gasteiger partial charge in [-0.05, 0) is 49.2 Å². The standard InChI is InChI=1S/C16H14FN3O2.C7H6FNO/c1-16(5-6-16)15(21)19-9-2-3-11(10(17)8-9)22-12-4-7-18-14-13(12)20-14;8-6-1-3-7(4-2-6)9-5-10/h2-4,7-8H,5-6H2,1H3,(H,18,20)(H,19,21);1-5H,(H,9,10). The van der Waals surface area contributed by atoms with Gasteiger partial charge in [-0.2, -0.15) is 0 Å². The Balaban J connectivity index is 0.000000207. The van der Waals surface area contributed by atoms with Gasteiger partial charge in [0, 0.05) is 35.1 Å². The summed E-state index contributed by atoms with van der Waals surface area (Å²) in [6.07, 6.45) is 3.90. The molecule has 0 unspecified atom stereocenters. The molecule has 32 heavy (non-hydrogen) atoms. The third-order valence-corrected chi connectivity index (χ3v) is 5.12. The number of carbonyl (C=O) groups is 2. The van der Waals surface area contributed by atoms with Crippen LogP contribution in [0.25, 0.3) is 0 Å². The molecule has 1 fully saturated rings. The lowest BCUT2D eigenvalue weighted by molar-refractivity contribution is -0.120. The maximum absolute atomic E-state index is 14.1. The smallest absolute Gasteiger partial charge is 0.230 e. The molecule has 3 aromatic rings. The Kier molecular flexibility index (Phi) is 5.72. The summed E-state index contributed by atoms with van der Waals surface area (Å²) in [6, 6.07) is 11.6. The SMILES string of the molecule is CC1(C(=O)Nc2ccc(Oc3ccnc4c3N4)c(F)c2)CC1.O=CNc1ccc(F)cc1. The van der Waals surface area contributed by atoms with Crippen molar-refractivity contribution in [2.24, 2.45) is 5.41 Å². The molecule has 2 heterocycles. The van der Waals surface area contributed by atoms with Crippen molar-refractivity contribution in [3.05, 3.63) is 66.4 Å². The molecule has 0 atom stereocenters. The summed E-state index contributed by atoms with van der Waals surface area (Å²) in [5, 5.41) is 8.07. The number of aromatic nitrogens is 1. The number of nitrogens with one attached hydrogen (secondary N) is 3. The molecule has 0 spiro atoms. The van der Waals surface area contributed by atoms with Crippen LogP contribution in [-0.2, 0) is 9.59 Å². The number of rotatable bonds is 6. The maximum atomic E-state index is 14.1. The predicted octanol–water partition coefficient (Wildman–Crippen LogP) is 5.20. The zero-order valence-electron chi connectivity index (χ0n) is 17.1. The summed E-state index contributed by atoms with van der Waals surface area (Å²) < 4.78 is 31.9. The van der Waals surface area contributed by atoms with Crippen LogP contribution in [0.2, 0.25) is 0 Å². The molecule has 1 aliphatic heterocycles. The Morgan fingerprint density at radius 2 is 1.81 bits per heavy atom. The van der Waals surface area contributed by atoms with Gasteiger partial charge in [-0.15, -0.1) is 0 Å². The molecule has 2 aliphatic rings. The Labute approximate surface area is 182 Å². The zero-order chi connectivity index (χ0) is 22.7. The van der Waals surface area contributed by atoms with Crippen LogP contribution in [0.3, 0.4) is 0 Å². The number of ether oxygens (including phenoxy) is 1. The average Bonchev–Trinajstić information content (AvgIpc) is 3.69. The highest BCUT2D eigenvalue weighted by molar-refractivity contribution is 5.97. The number of hydrogen-bond acceptors (Lipinski definition) is 5. The molecule has 1 saturated carbocycles. The van der Waals surface area contributed by atoms with Crippen LogP contribution in [0.5, 0.6) is 11.5 Å². The van der Waals surface area contributed by atoms with Crippen LogP contribution in [0, 0.1) is 17.0 Å². The van der Waals surface area contributed by atoms with E-state index in [1.165, 1.54) is 36.4 Å². The number of benzene rings is 2. The van der Waals surface area contributed by atoms with Crippen molar-refractivity contribution in [1.82, 2.24) is 4.98 Å². The second kappa shape index (κ2) is 8.62. The number of carbonyl (C=O) groups excluding carboxylic acids is 2. The van der Waals surface area contributed by atoms with Gasteiger partial charge in [0.25, 0.3) is 0 Å². The highest BCUT2D eigenvalue weighted by Gasteiger charge is 2.44. The third kappa shape index (κ3) is 5.00. The summed E-state index contributed by atoms with van der Waals surface area (Å²) in [6.45, 7) is 1.90. The van der Waals surface area contributed by atoms with E-state index in [9.17, 15) is 18.4 Å². The van der Waals surface area contributed by atoms with Crippen LogP contribution in [0.4, 0.5) is 31.7 Å². The maximum Gasteiger partial charge on any atom is 0.230 e. The van der Waals surface area contributed by atoms with E-state index in [0.29, 0.717) is 23.5 Å². The van der Waals surface area contributed by atoms with Gasteiger partial charge in [0.2, 0.25) is 12.3 Å². The first-order chi connectivity index (χ1) is 15.4. The lowest BCUT2D eigenvalue weighted by Gasteiger charge is -2.11. The highest BCUT2D eigenvalue weighted by Crippen LogP contribution is 2.47. The summed E-state index contributed by atoms with van der Waals surface area (Å²) in [5.41, 5.74) is 1.52. The molecule has 3 N–H and O–H groups in total. The summed E-state index contributed by atoms with van der Waals surface area (Å²) in [7, 11) is 0. The van der Waals surface area contributed by atoms with Gasteiger partial charge in [0.1, 0.15) is 11.5 Å². The number of pyridine rings is 1. The van der Waals surface area contributed by atoms with E-state index < -0.39 is 5.82 Å². The molecule has 0 radical (unpaired) electrons. The van der Waals surface area contributed by atoms with Gasteiger partial charge in [-0.25, -0.2) is 13.8 Å².